The van der Waals surface area contributed by atoms with Crippen molar-refractivity contribution >= 4 is 23.4 Å². The van der Waals surface area contributed by atoms with Gasteiger partial charge in [-0.3, -0.25) is 0 Å². The van der Waals surface area contributed by atoms with Crippen molar-refractivity contribution in [2.24, 2.45) is 5.92 Å². The predicted octanol–water partition coefficient (Wildman–Crippen LogP) is 4.46. The maximum Gasteiger partial charge on any atom is 0.0406 e. The van der Waals surface area contributed by atoms with Crippen LogP contribution in [-0.4, -0.2) is 18.3 Å². The van der Waals surface area contributed by atoms with Gasteiger partial charge in [-0.1, -0.05) is 32.4 Å². The summed E-state index contributed by atoms with van der Waals surface area (Å²) < 4.78 is 0. The zero-order valence-electron chi connectivity index (χ0n) is 10.9. The van der Waals surface area contributed by atoms with Gasteiger partial charge >= 0.3 is 0 Å². The lowest BCUT2D eigenvalue weighted by Crippen LogP contribution is -2.32. The number of hydrogen-bond donors (Lipinski definition) is 1. The first kappa shape index (κ1) is 14.9. The van der Waals surface area contributed by atoms with Crippen molar-refractivity contribution in [2.45, 2.75) is 38.1 Å². The number of hydrogen-bond acceptors (Lipinski definition) is 2. The minimum absolute atomic E-state index is 0.598. The number of benzene rings is 1. The average molecular weight is 272 g/mol. The first-order valence-corrected chi connectivity index (χ1v) is 7.60. The Hall–Kier alpha value is -0.180. The molecule has 0 aliphatic rings. The predicted molar refractivity (Wildman–Crippen MR) is 79.1 cm³/mol. The Kier molecular flexibility index (Phi) is 7.02. The molecule has 1 unspecified atom stereocenters. The second-order valence-corrected chi connectivity index (χ2v) is 6.18. The molecular weight excluding hydrogens is 250 g/mol. The molecule has 0 aromatic heterocycles. The maximum atomic E-state index is 5.87. The molecule has 0 fully saturated rings. The molecule has 1 rings (SSSR count). The summed E-state index contributed by atoms with van der Waals surface area (Å²) >= 11 is 7.77. The Morgan fingerprint density at radius 1 is 1.24 bits per heavy atom. The van der Waals surface area contributed by atoms with Gasteiger partial charge in [0.05, 0.1) is 0 Å². The summed E-state index contributed by atoms with van der Waals surface area (Å²) in [6.07, 6.45) is 1.23. The van der Waals surface area contributed by atoms with Crippen molar-refractivity contribution in [3.63, 3.8) is 0 Å². The van der Waals surface area contributed by atoms with E-state index in [0.717, 1.165) is 23.2 Å². The van der Waals surface area contributed by atoms with Crippen LogP contribution in [0.2, 0.25) is 5.02 Å². The molecule has 0 bridgehead atoms. The van der Waals surface area contributed by atoms with Crippen LogP contribution >= 0.6 is 23.4 Å². The van der Waals surface area contributed by atoms with Gasteiger partial charge in [0, 0.05) is 21.7 Å². The summed E-state index contributed by atoms with van der Waals surface area (Å²) in [7, 11) is 0. The van der Waals surface area contributed by atoms with Gasteiger partial charge in [-0.2, -0.15) is 0 Å². The fraction of sp³-hybridized carbons (Fsp3) is 0.571. The van der Waals surface area contributed by atoms with Gasteiger partial charge in [-0.15, -0.1) is 11.8 Å². The molecule has 0 saturated heterocycles. The van der Waals surface area contributed by atoms with Crippen LogP contribution in [0.1, 0.15) is 27.2 Å². The lowest BCUT2D eigenvalue weighted by molar-refractivity contribution is 0.456. The lowest BCUT2D eigenvalue weighted by atomic mass is 10.1. The molecule has 0 radical (unpaired) electrons. The summed E-state index contributed by atoms with van der Waals surface area (Å²) in [5.41, 5.74) is 0. The molecule has 1 aromatic rings. The molecule has 3 heteroatoms. The number of rotatable bonds is 7. The largest absolute Gasteiger partial charge is 0.313 e. The highest BCUT2D eigenvalue weighted by Crippen LogP contribution is 2.22. The van der Waals surface area contributed by atoms with Crippen LogP contribution in [0.3, 0.4) is 0 Å². The van der Waals surface area contributed by atoms with E-state index < -0.39 is 0 Å². The van der Waals surface area contributed by atoms with Gasteiger partial charge in [0.15, 0.2) is 0 Å². The van der Waals surface area contributed by atoms with Crippen LogP contribution < -0.4 is 5.32 Å². The van der Waals surface area contributed by atoms with Crippen molar-refractivity contribution < 1.29 is 0 Å². The molecule has 0 aliphatic heterocycles. The third kappa shape index (κ3) is 6.35. The normalized spacial score (nSPS) is 13.0. The van der Waals surface area contributed by atoms with Gasteiger partial charge in [0.2, 0.25) is 0 Å². The molecule has 96 valence electrons. The third-order valence-electron chi connectivity index (χ3n) is 2.51. The minimum Gasteiger partial charge on any atom is -0.313 e. The molecule has 1 nitrogen and oxygen atoms in total. The quantitative estimate of drug-likeness (QED) is 0.735. The molecule has 1 atom stereocenters. The van der Waals surface area contributed by atoms with Crippen molar-refractivity contribution in [3.05, 3.63) is 29.3 Å². The highest BCUT2D eigenvalue weighted by Gasteiger charge is 2.09. The lowest BCUT2D eigenvalue weighted by Gasteiger charge is -2.19. The Balaban J connectivity index is 2.42. The smallest absolute Gasteiger partial charge is 0.0406 e. The maximum absolute atomic E-state index is 5.87. The van der Waals surface area contributed by atoms with E-state index in [2.05, 4.69) is 38.2 Å². The van der Waals surface area contributed by atoms with Crippen molar-refractivity contribution in [2.75, 3.05) is 12.3 Å². The standard InChI is InChI=1S/C14H22ClNS/c1-4-16-13(9-11(2)3)10-17-14-7-5-12(15)6-8-14/h5-8,11,13,16H,4,9-10H2,1-3H3. The average Bonchev–Trinajstić information content (AvgIpc) is 2.27. The summed E-state index contributed by atoms with van der Waals surface area (Å²) in [5.74, 6) is 1.86. The molecule has 0 heterocycles. The van der Waals surface area contributed by atoms with Gasteiger partial charge in [0.25, 0.3) is 0 Å². The van der Waals surface area contributed by atoms with Gasteiger partial charge in [0.1, 0.15) is 0 Å². The van der Waals surface area contributed by atoms with Crippen molar-refractivity contribution in [1.82, 2.24) is 5.32 Å². The first-order valence-electron chi connectivity index (χ1n) is 6.23. The van der Waals surface area contributed by atoms with E-state index >= 15 is 0 Å². The second-order valence-electron chi connectivity index (χ2n) is 4.65. The zero-order valence-corrected chi connectivity index (χ0v) is 12.4. The third-order valence-corrected chi connectivity index (χ3v) is 3.94. The molecule has 0 amide bonds. The SMILES string of the molecule is CCNC(CSc1ccc(Cl)cc1)CC(C)C. The van der Waals surface area contributed by atoms with E-state index in [1.54, 1.807) is 0 Å². The highest BCUT2D eigenvalue weighted by molar-refractivity contribution is 7.99. The van der Waals surface area contributed by atoms with E-state index in [-0.39, 0.29) is 0 Å². The Labute approximate surface area is 114 Å². The van der Waals surface area contributed by atoms with Gasteiger partial charge in [-0.25, -0.2) is 0 Å². The summed E-state index contributed by atoms with van der Waals surface area (Å²) in [5, 5.41) is 4.35. The first-order chi connectivity index (χ1) is 8.11. The Bertz CT molecular complexity index is 311. The summed E-state index contributed by atoms with van der Waals surface area (Å²) in [6, 6.07) is 8.68. The fourth-order valence-corrected chi connectivity index (χ4v) is 2.90. The monoisotopic (exact) mass is 271 g/mol. The minimum atomic E-state index is 0.598. The number of thioether (sulfide) groups is 1. The summed E-state index contributed by atoms with van der Waals surface area (Å²) in [6.45, 7) is 7.76. The van der Waals surface area contributed by atoms with Crippen LogP contribution in [0.25, 0.3) is 0 Å². The molecular formula is C14H22ClNS. The van der Waals surface area contributed by atoms with E-state index in [1.807, 2.05) is 23.9 Å². The van der Waals surface area contributed by atoms with Gasteiger partial charge < -0.3 is 5.32 Å². The van der Waals surface area contributed by atoms with Gasteiger partial charge in [-0.05, 0) is 43.1 Å². The van der Waals surface area contributed by atoms with Crippen LogP contribution in [-0.2, 0) is 0 Å². The van der Waals surface area contributed by atoms with E-state index in [1.165, 1.54) is 11.3 Å². The van der Waals surface area contributed by atoms with E-state index in [0.29, 0.717) is 6.04 Å². The van der Waals surface area contributed by atoms with E-state index in [4.69, 9.17) is 11.6 Å². The molecule has 0 spiro atoms. The molecule has 17 heavy (non-hydrogen) atoms. The Morgan fingerprint density at radius 2 is 1.88 bits per heavy atom. The zero-order chi connectivity index (χ0) is 12.7. The van der Waals surface area contributed by atoms with Crippen LogP contribution in [0.5, 0.6) is 0 Å². The fourth-order valence-electron chi connectivity index (χ4n) is 1.80. The van der Waals surface area contributed by atoms with Crippen molar-refractivity contribution in [3.8, 4) is 0 Å². The van der Waals surface area contributed by atoms with Crippen LogP contribution in [0.15, 0.2) is 29.2 Å². The van der Waals surface area contributed by atoms with Crippen LogP contribution in [0, 0.1) is 5.92 Å². The summed E-state index contributed by atoms with van der Waals surface area (Å²) in [4.78, 5) is 1.29. The molecule has 1 N–H and O–H groups in total. The second kappa shape index (κ2) is 8.02. The molecule has 0 saturated carbocycles. The molecule has 1 aromatic carbocycles. The van der Waals surface area contributed by atoms with Crippen molar-refractivity contribution in [1.29, 1.82) is 0 Å². The number of halogens is 1. The van der Waals surface area contributed by atoms with E-state index in [9.17, 15) is 0 Å². The highest BCUT2D eigenvalue weighted by atomic mass is 35.5. The van der Waals surface area contributed by atoms with Crippen LogP contribution in [0.4, 0.5) is 0 Å². The molecule has 0 aliphatic carbocycles. The Morgan fingerprint density at radius 3 is 2.41 bits per heavy atom. The number of nitrogens with one attached hydrogen (secondary N) is 1. The topological polar surface area (TPSA) is 12.0 Å².